The van der Waals surface area contributed by atoms with Crippen molar-refractivity contribution in [3.8, 4) is 0 Å². The van der Waals surface area contributed by atoms with Crippen LogP contribution in [0.1, 0.15) is 32.6 Å². The molecule has 5 nitrogen and oxygen atoms in total. The zero-order valence-corrected chi connectivity index (χ0v) is 12.4. The molecule has 2 rings (SSSR count). The normalized spacial score (nSPS) is 28.7. The molecule has 0 radical (unpaired) electrons. The Labute approximate surface area is 116 Å². The molecule has 2 heterocycles. The zero-order valence-electron chi connectivity index (χ0n) is 12.4. The smallest absolute Gasteiger partial charge is 0.319 e. The summed E-state index contributed by atoms with van der Waals surface area (Å²) in [4.78, 5) is 15.4. The molecule has 2 amide bonds. The standard InChI is InChI=1S/C14H27N3O2/c1-14(7-4-10-19-14)11-15-12-5-8-17(9-6-12)13(18)16(2)3/h12,15H,4-11H2,1-3H3. The van der Waals surface area contributed by atoms with Crippen molar-refractivity contribution in [2.24, 2.45) is 0 Å². The van der Waals surface area contributed by atoms with E-state index in [2.05, 4.69) is 12.2 Å². The fourth-order valence-electron chi connectivity index (χ4n) is 2.89. The molecule has 0 aromatic rings. The summed E-state index contributed by atoms with van der Waals surface area (Å²) in [6.07, 6.45) is 4.40. The Balaban J connectivity index is 1.70. The van der Waals surface area contributed by atoms with Crippen molar-refractivity contribution in [3.63, 3.8) is 0 Å². The van der Waals surface area contributed by atoms with E-state index in [4.69, 9.17) is 4.74 Å². The van der Waals surface area contributed by atoms with Crippen molar-refractivity contribution in [3.05, 3.63) is 0 Å². The second-order valence-corrected chi connectivity index (χ2v) is 6.22. The van der Waals surface area contributed by atoms with E-state index in [0.29, 0.717) is 6.04 Å². The lowest BCUT2D eigenvalue weighted by molar-refractivity contribution is 0.0170. The van der Waals surface area contributed by atoms with Gasteiger partial charge in [0.15, 0.2) is 0 Å². The first-order valence-corrected chi connectivity index (χ1v) is 7.34. The third-order valence-corrected chi connectivity index (χ3v) is 4.21. The number of hydrogen-bond donors (Lipinski definition) is 1. The average molecular weight is 269 g/mol. The van der Waals surface area contributed by atoms with E-state index < -0.39 is 0 Å². The fraction of sp³-hybridized carbons (Fsp3) is 0.929. The Kier molecular flexibility index (Phi) is 4.68. The van der Waals surface area contributed by atoms with Crippen molar-refractivity contribution >= 4 is 6.03 Å². The minimum Gasteiger partial charge on any atom is -0.374 e. The topological polar surface area (TPSA) is 44.8 Å². The van der Waals surface area contributed by atoms with Crippen molar-refractivity contribution in [1.82, 2.24) is 15.1 Å². The molecule has 0 aromatic carbocycles. The molecule has 1 unspecified atom stereocenters. The van der Waals surface area contributed by atoms with Crippen LogP contribution >= 0.6 is 0 Å². The fourth-order valence-corrected chi connectivity index (χ4v) is 2.89. The van der Waals surface area contributed by atoms with E-state index in [0.717, 1.165) is 45.5 Å². The number of rotatable bonds is 3. The van der Waals surface area contributed by atoms with Gasteiger partial charge in [0.2, 0.25) is 0 Å². The van der Waals surface area contributed by atoms with Crippen LogP contribution in [0.25, 0.3) is 0 Å². The van der Waals surface area contributed by atoms with Gasteiger partial charge in [0.05, 0.1) is 5.60 Å². The first kappa shape index (κ1) is 14.6. The van der Waals surface area contributed by atoms with Crippen LogP contribution in [-0.2, 0) is 4.74 Å². The van der Waals surface area contributed by atoms with Gasteiger partial charge in [0, 0.05) is 46.4 Å². The minimum atomic E-state index is 0.0244. The lowest BCUT2D eigenvalue weighted by atomic mass is 10.00. The van der Waals surface area contributed by atoms with E-state index >= 15 is 0 Å². The molecule has 2 saturated heterocycles. The summed E-state index contributed by atoms with van der Waals surface area (Å²) in [5, 5.41) is 3.62. The van der Waals surface area contributed by atoms with Crippen molar-refractivity contribution in [2.75, 3.05) is 40.3 Å². The molecule has 0 saturated carbocycles. The predicted molar refractivity (Wildman–Crippen MR) is 75.3 cm³/mol. The lowest BCUT2D eigenvalue weighted by Crippen LogP contribution is -2.50. The molecule has 1 N–H and O–H groups in total. The predicted octanol–water partition coefficient (Wildman–Crippen LogP) is 1.29. The number of nitrogens with zero attached hydrogens (tertiary/aromatic N) is 2. The van der Waals surface area contributed by atoms with Gasteiger partial charge in [0.1, 0.15) is 0 Å². The number of amides is 2. The number of urea groups is 1. The van der Waals surface area contributed by atoms with Gasteiger partial charge in [-0.1, -0.05) is 0 Å². The second-order valence-electron chi connectivity index (χ2n) is 6.22. The molecule has 2 aliphatic heterocycles. The number of nitrogens with one attached hydrogen (secondary N) is 1. The highest BCUT2D eigenvalue weighted by molar-refractivity contribution is 5.73. The van der Waals surface area contributed by atoms with Crippen molar-refractivity contribution in [2.45, 2.75) is 44.2 Å². The van der Waals surface area contributed by atoms with Gasteiger partial charge < -0.3 is 19.9 Å². The number of hydrogen-bond acceptors (Lipinski definition) is 3. The van der Waals surface area contributed by atoms with Gasteiger partial charge >= 0.3 is 6.03 Å². The van der Waals surface area contributed by atoms with Crippen LogP contribution in [0, 0.1) is 0 Å². The van der Waals surface area contributed by atoms with Crippen LogP contribution in [0.5, 0.6) is 0 Å². The Bertz CT molecular complexity index is 306. The monoisotopic (exact) mass is 269 g/mol. The van der Waals surface area contributed by atoms with Crippen LogP contribution in [-0.4, -0.2) is 67.8 Å². The van der Waals surface area contributed by atoms with Crippen LogP contribution in [0.15, 0.2) is 0 Å². The van der Waals surface area contributed by atoms with Gasteiger partial charge in [-0.05, 0) is 32.6 Å². The van der Waals surface area contributed by atoms with E-state index in [1.807, 2.05) is 19.0 Å². The molecule has 0 bridgehead atoms. The molecular weight excluding hydrogens is 242 g/mol. The van der Waals surface area contributed by atoms with E-state index in [1.165, 1.54) is 6.42 Å². The molecule has 0 aromatic heterocycles. The summed E-state index contributed by atoms with van der Waals surface area (Å²) in [6.45, 7) is 5.73. The summed E-state index contributed by atoms with van der Waals surface area (Å²) < 4.78 is 5.79. The Hall–Kier alpha value is -0.810. The first-order valence-electron chi connectivity index (χ1n) is 7.34. The second kappa shape index (κ2) is 6.09. The van der Waals surface area contributed by atoms with Crippen LogP contribution < -0.4 is 5.32 Å². The Morgan fingerprint density at radius 1 is 1.42 bits per heavy atom. The highest BCUT2D eigenvalue weighted by Gasteiger charge is 2.31. The van der Waals surface area contributed by atoms with E-state index in [1.54, 1.807) is 4.90 Å². The Morgan fingerprint density at radius 3 is 2.63 bits per heavy atom. The number of piperidine rings is 1. The lowest BCUT2D eigenvalue weighted by Gasteiger charge is -2.35. The molecule has 0 spiro atoms. The molecule has 1 atom stereocenters. The molecule has 110 valence electrons. The zero-order chi connectivity index (χ0) is 13.9. The Morgan fingerprint density at radius 2 is 2.11 bits per heavy atom. The van der Waals surface area contributed by atoms with Crippen LogP contribution in [0.3, 0.4) is 0 Å². The number of carbonyl (C=O) groups excluding carboxylic acids is 1. The third-order valence-electron chi connectivity index (χ3n) is 4.21. The molecular formula is C14H27N3O2. The highest BCUT2D eigenvalue weighted by Crippen LogP contribution is 2.24. The quantitative estimate of drug-likeness (QED) is 0.840. The number of ether oxygens (including phenoxy) is 1. The maximum Gasteiger partial charge on any atom is 0.319 e. The number of likely N-dealkylation sites (tertiary alicyclic amines) is 1. The first-order chi connectivity index (χ1) is 9.00. The van der Waals surface area contributed by atoms with Gasteiger partial charge in [-0.3, -0.25) is 0 Å². The minimum absolute atomic E-state index is 0.0244. The van der Waals surface area contributed by atoms with Crippen molar-refractivity contribution in [1.29, 1.82) is 0 Å². The number of carbonyl (C=O) groups is 1. The molecule has 19 heavy (non-hydrogen) atoms. The third kappa shape index (κ3) is 3.83. The largest absolute Gasteiger partial charge is 0.374 e. The molecule has 2 aliphatic rings. The summed E-state index contributed by atoms with van der Waals surface area (Å²) in [6, 6.07) is 0.650. The van der Waals surface area contributed by atoms with Gasteiger partial charge in [-0.2, -0.15) is 0 Å². The average Bonchev–Trinajstić information content (AvgIpc) is 2.83. The van der Waals surface area contributed by atoms with Crippen molar-refractivity contribution < 1.29 is 9.53 Å². The molecule has 5 heteroatoms. The summed E-state index contributed by atoms with van der Waals surface area (Å²) in [5.74, 6) is 0. The molecule has 0 aliphatic carbocycles. The highest BCUT2D eigenvalue weighted by atomic mass is 16.5. The summed E-state index contributed by atoms with van der Waals surface area (Å²) in [7, 11) is 3.62. The van der Waals surface area contributed by atoms with E-state index in [-0.39, 0.29) is 11.6 Å². The van der Waals surface area contributed by atoms with Crippen LogP contribution in [0.2, 0.25) is 0 Å². The maximum absolute atomic E-state index is 11.8. The summed E-state index contributed by atoms with van der Waals surface area (Å²) >= 11 is 0. The van der Waals surface area contributed by atoms with Crippen LogP contribution in [0.4, 0.5) is 4.79 Å². The molecule has 2 fully saturated rings. The van der Waals surface area contributed by atoms with E-state index in [9.17, 15) is 4.79 Å². The SMILES string of the molecule is CN(C)C(=O)N1CCC(NCC2(C)CCCO2)CC1. The summed E-state index contributed by atoms with van der Waals surface area (Å²) in [5.41, 5.74) is 0.0244. The van der Waals surface area contributed by atoms with Gasteiger partial charge in [-0.15, -0.1) is 0 Å². The maximum atomic E-state index is 11.8. The van der Waals surface area contributed by atoms with Gasteiger partial charge in [0.25, 0.3) is 0 Å². The van der Waals surface area contributed by atoms with Gasteiger partial charge in [-0.25, -0.2) is 4.79 Å².